The Morgan fingerprint density at radius 1 is 1.05 bits per heavy atom. The van der Waals surface area contributed by atoms with Gasteiger partial charge in [-0.2, -0.15) is 5.10 Å². The topological polar surface area (TPSA) is 88.9 Å². The van der Waals surface area contributed by atoms with Crippen molar-refractivity contribution in [3.8, 4) is 28.4 Å². The van der Waals surface area contributed by atoms with Crippen molar-refractivity contribution >= 4 is 29.4 Å². The van der Waals surface area contributed by atoms with Crippen LogP contribution < -0.4 is 19.7 Å². The molecule has 0 radical (unpaired) electrons. The molecule has 0 fully saturated rings. The highest BCUT2D eigenvalue weighted by Crippen LogP contribution is 2.51. The third-order valence-electron chi connectivity index (χ3n) is 7.32. The summed E-state index contributed by atoms with van der Waals surface area (Å²) >= 11 is 1.49. The second-order valence-corrected chi connectivity index (χ2v) is 11.7. The van der Waals surface area contributed by atoms with Crippen LogP contribution in [-0.2, 0) is 9.59 Å². The SMILES string of the molecule is COc1ccc(OC)c([C@H]2SCC(=O)N(CC(=O)NCCN(C)C)c3c2c(-c2ccccc2)nn3-c2ccc(C)cc2)c1. The minimum atomic E-state index is -0.347. The highest BCUT2D eigenvalue weighted by atomic mass is 32.2. The molecule has 2 amide bonds. The van der Waals surface area contributed by atoms with Crippen LogP contribution in [-0.4, -0.2) is 80.2 Å². The second-order valence-electron chi connectivity index (χ2n) is 10.6. The molecule has 0 bridgehead atoms. The van der Waals surface area contributed by atoms with Gasteiger partial charge in [-0.3, -0.25) is 14.5 Å². The molecule has 0 aliphatic carbocycles. The molecule has 1 aliphatic heterocycles. The van der Waals surface area contributed by atoms with E-state index in [2.05, 4.69) is 5.32 Å². The van der Waals surface area contributed by atoms with E-state index in [9.17, 15) is 9.59 Å². The van der Waals surface area contributed by atoms with E-state index in [1.807, 2.05) is 98.7 Å². The molecule has 1 aliphatic rings. The van der Waals surface area contributed by atoms with E-state index < -0.39 is 0 Å². The van der Waals surface area contributed by atoms with Crippen LogP contribution in [0.25, 0.3) is 16.9 Å². The first kappa shape index (κ1) is 30.2. The highest BCUT2D eigenvalue weighted by Gasteiger charge is 2.38. The molecule has 1 atom stereocenters. The minimum absolute atomic E-state index is 0.131. The molecule has 0 spiro atoms. The first-order chi connectivity index (χ1) is 20.8. The van der Waals surface area contributed by atoms with E-state index in [1.54, 1.807) is 23.8 Å². The van der Waals surface area contributed by atoms with Gasteiger partial charge in [-0.15, -0.1) is 11.8 Å². The number of nitrogens with zero attached hydrogens (tertiary/aromatic N) is 4. The number of carbonyl (C=O) groups excluding carboxylic acids is 2. The lowest BCUT2D eigenvalue weighted by atomic mass is 9.98. The van der Waals surface area contributed by atoms with E-state index in [-0.39, 0.29) is 29.4 Å². The molecule has 1 aromatic heterocycles. The molecule has 0 saturated carbocycles. The predicted octanol–water partition coefficient (Wildman–Crippen LogP) is 4.71. The Bertz CT molecular complexity index is 1590. The lowest BCUT2D eigenvalue weighted by molar-refractivity contribution is -0.122. The number of hydrogen-bond donors (Lipinski definition) is 1. The quantitative estimate of drug-likeness (QED) is 0.282. The number of anilines is 1. The molecule has 3 aromatic carbocycles. The van der Waals surface area contributed by atoms with E-state index in [1.165, 1.54) is 11.8 Å². The third-order valence-corrected chi connectivity index (χ3v) is 8.55. The maximum atomic E-state index is 14.0. The van der Waals surface area contributed by atoms with Gasteiger partial charge < -0.3 is 19.7 Å². The minimum Gasteiger partial charge on any atom is -0.497 e. The number of rotatable bonds is 10. The number of carbonyl (C=O) groups is 2. The number of likely N-dealkylation sites (N-methyl/N-ethyl adjacent to an activating group) is 1. The zero-order chi connectivity index (χ0) is 30.5. The number of amides is 2. The van der Waals surface area contributed by atoms with Crippen molar-refractivity contribution in [1.29, 1.82) is 0 Å². The van der Waals surface area contributed by atoms with Gasteiger partial charge in [0.05, 0.1) is 36.6 Å². The lowest BCUT2D eigenvalue weighted by Gasteiger charge is -2.24. The first-order valence-corrected chi connectivity index (χ1v) is 15.2. The third kappa shape index (κ3) is 6.55. The molecule has 0 unspecified atom stereocenters. The Morgan fingerprint density at radius 2 is 1.79 bits per heavy atom. The number of fused-ring (bicyclic) bond motifs is 1. The number of aromatic nitrogens is 2. The Morgan fingerprint density at radius 3 is 2.47 bits per heavy atom. The molecule has 0 saturated heterocycles. The van der Waals surface area contributed by atoms with Crippen LogP contribution >= 0.6 is 11.8 Å². The van der Waals surface area contributed by atoms with Crippen LogP contribution in [0.3, 0.4) is 0 Å². The summed E-state index contributed by atoms with van der Waals surface area (Å²) in [4.78, 5) is 30.8. The fourth-order valence-electron chi connectivity index (χ4n) is 5.10. The van der Waals surface area contributed by atoms with Crippen LogP contribution in [0.15, 0.2) is 72.8 Å². The normalized spacial score (nSPS) is 14.8. The lowest BCUT2D eigenvalue weighted by Crippen LogP contribution is -2.43. The number of benzene rings is 3. The number of nitrogens with one attached hydrogen (secondary N) is 1. The van der Waals surface area contributed by atoms with Gasteiger partial charge in [-0.1, -0.05) is 48.0 Å². The number of hydrogen-bond acceptors (Lipinski definition) is 7. The van der Waals surface area contributed by atoms with Crippen molar-refractivity contribution in [2.75, 3.05) is 58.6 Å². The molecule has 2 heterocycles. The molecule has 5 rings (SSSR count). The zero-order valence-electron chi connectivity index (χ0n) is 25.2. The van der Waals surface area contributed by atoms with Crippen molar-refractivity contribution in [3.05, 3.63) is 89.5 Å². The van der Waals surface area contributed by atoms with Gasteiger partial charge in [0.1, 0.15) is 23.9 Å². The Balaban J connectivity index is 1.76. The second kappa shape index (κ2) is 13.4. The molecular formula is C33H37N5O4S. The van der Waals surface area contributed by atoms with Gasteiger partial charge in [-0.25, -0.2) is 4.68 Å². The summed E-state index contributed by atoms with van der Waals surface area (Å²) in [6.45, 7) is 3.07. The van der Waals surface area contributed by atoms with Crippen molar-refractivity contribution < 1.29 is 19.1 Å². The molecule has 4 aromatic rings. The van der Waals surface area contributed by atoms with E-state index in [0.29, 0.717) is 30.4 Å². The fourth-order valence-corrected chi connectivity index (χ4v) is 6.32. The van der Waals surface area contributed by atoms with Gasteiger partial charge >= 0.3 is 0 Å². The Labute approximate surface area is 256 Å². The number of thioether (sulfide) groups is 1. The standard InChI is InChI=1S/C33H37N5O4S/c1-22-11-13-24(14-12-22)38-33-30(31(35-38)23-9-7-6-8-10-23)32(26-19-25(41-4)15-16-27(26)42-5)43-21-29(40)37(33)20-28(39)34-17-18-36(2)3/h6-16,19,32H,17-18,20-21H2,1-5H3,(H,34,39)/t32-/m1/s1. The average Bonchev–Trinajstić information content (AvgIpc) is 3.34. The van der Waals surface area contributed by atoms with Crippen molar-refractivity contribution in [2.24, 2.45) is 0 Å². The van der Waals surface area contributed by atoms with Gasteiger partial charge in [0, 0.05) is 29.8 Å². The maximum Gasteiger partial charge on any atom is 0.240 e. The van der Waals surface area contributed by atoms with Gasteiger partial charge in [0.15, 0.2) is 0 Å². The van der Waals surface area contributed by atoms with Crippen LogP contribution in [0.5, 0.6) is 11.5 Å². The maximum absolute atomic E-state index is 14.0. The van der Waals surface area contributed by atoms with Crippen LogP contribution in [0, 0.1) is 6.92 Å². The highest BCUT2D eigenvalue weighted by molar-refractivity contribution is 8.00. The zero-order valence-corrected chi connectivity index (χ0v) is 26.0. The Hall–Kier alpha value is -4.28. The first-order valence-electron chi connectivity index (χ1n) is 14.1. The van der Waals surface area contributed by atoms with Crippen molar-refractivity contribution in [1.82, 2.24) is 20.0 Å². The summed E-state index contributed by atoms with van der Waals surface area (Å²) in [6, 6.07) is 23.6. The van der Waals surface area contributed by atoms with E-state index in [0.717, 1.165) is 33.6 Å². The molecule has 1 N–H and O–H groups in total. The summed E-state index contributed by atoms with van der Waals surface area (Å²) in [5.41, 5.74) is 5.22. The summed E-state index contributed by atoms with van der Waals surface area (Å²) in [7, 11) is 7.16. The van der Waals surface area contributed by atoms with Gasteiger partial charge in [0.25, 0.3) is 0 Å². The van der Waals surface area contributed by atoms with Crippen molar-refractivity contribution in [2.45, 2.75) is 12.2 Å². The molecule has 224 valence electrons. The van der Waals surface area contributed by atoms with Gasteiger partial charge in [0.2, 0.25) is 11.8 Å². The summed E-state index contributed by atoms with van der Waals surface area (Å²) in [5.74, 6) is 1.67. The molecule has 10 heteroatoms. The smallest absolute Gasteiger partial charge is 0.240 e. The van der Waals surface area contributed by atoms with E-state index >= 15 is 0 Å². The number of ether oxygens (including phenoxy) is 2. The number of aryl methyl sites for hydroxylation is 1. The fraction of sp³-hybridized carbons (Fsp3) is 0.303. The molecule has 9 nitrogen and oxygen atoms in total. The summed E-state index contributed by atoms with van der Waals surface area (Å²) in [6.07, 6.45) is 0. The van der Waals surface area contributed by atoms with Crippen LogP contribution in [0.4, 0.5) is 5.82 Å². The Kier molecular flexibility index (Phi) is 9.37. The molecule has 43 heavy (non-hydrogen) atoms. The largest absolute Gasteiger partial charge is 0.497 e. The average molecular weight is 600 g/mol. The number of methoxy groups -OCH3 is 2. The molecular weight excluding hydrogens is 562 g/mol. The summed E-state index contributed by atoms with van der Waals surface area (Å²) in [5, 5.41) is 7.77. The van der Waals surface area contributed by atoms with Crippen LogP contribution in [0.1, 0.15) is 21.9 Å². The van der Waals surface area contributed by atoms with E-state index in [4.69, 9.17) is 14.6 Å². The van der Waals surface area contributed by atoms with Crippen LogP contribution in [0.2, 0.25) is 0 Å². The summed E-state index contributed by atoms with van der Waals surface area (Å²) < 4.78 is 13.2. The van der Waals surface area contributed by atoms with Gasteiger partial charge in [-0.05, 0) is 51.4 Å². The van der Waals surface area contributed by atoms with Crippen molar-refractivity contribution in [3.63, 3.8) is 0 Å². The predicted molar refractivity (Wildman–Crippen MR) is 172 cm³/mol. The monoisotopic (exact) mass is 599 g/mol.